The van der Waals surface area contributed by atoms with Crippen molar-refractivity contribution in [3.05, 3.63) is 0 Å². The number of hydrogen-bond acceptors (Lipinski definition) is 3. The maximum atomic E-state index is 12.5. The smallest absolute Gasteiger partial charge is 0.329 e. The Morgan fingerprint density at radius 2 is 2.24 bits per heavy atom. The Kier molecular flexibility index (Phi) is 5.08. The van der Waals surface area contributed by atoms with Gasteiger partial charge in [0.05, 0.1) is 12.1 Å². The molecule has 0 aromatic rings. The monoisotopic (exact) mass is 298 g/mol. The SMILES string of the molecule is CCCC1(C(=O)O)CCCN1C(=O)NC(C)C1CCCO1. The van der Waals surface area contributed by atoms with Crippen molar-refractivity contribution in [2.45, 2.75) is 70.1 Å². The first-order chi connectivity index (χ1) is 10.0. The van der Waals surface area contributed by atoms with Gasteiger partial charge in [-0.3, -0.25) is 0 Å². The van der Waals surface area contributed by atoms with Gasteiger partial charge >= 0.3 is 12.0 Å². The molecule has 6 heteroatoms. The standard InChI is InChI=1S/C15H26N2O4/c1-3-7-15(13(18)19)8-5-9-17(15)14(20)16-11(2)12-6-4-10-21-12/h11-12H,3-10H2,1-2H3,(H,16,20)(H,18,19). The lowest BCUT2D eigenvalue weighted by Gasteiger charge is -2.35. The number of nitrogens with one attached hydrogen (secondary N) is 1. The number of aliphatic carboxylic acids is 1. The number of ether oxygens (including phenoxy) is 1. The van der Waals surface area contributed by atoms with Crippen molar-refractivity contribution in [2.75, 3.05) is 13.2 Å². The summed E-state index contributed by atoms with van der Waals surface area (Å²) in [6, 6.07) is -0.361. The van der Waals surface area contributed by atoms with Crippen LogP contribution in [0.3, 0.4) is 0 Å². The molecule has 0 aromatic heterocycles. The van der Waals surface area contributed by atoms with Crippen LogP contribution in [0.1, 0.15) is 52.4 Å². The molecule has 6 nitrogen and oxygen atoms in total. The summed E-state index contributed by atoms with van der Waals surface area (Å²) in [6.07, 6.45) is 4.54. The molecule has 0 radical (unpaired) electrons. The molecule has 120 valence electrons. The zero-order valence-corrected chi connectivity index (χ0v) is 12.9. The molecule has 0 aliphatic carbocycles. The number of amides is 2. The van der Waals surface area contributed by atoms with Crippen molar-refractivity contribution in [3.8, 4) is 0 Å². The molecule has 2 saturated heterocycles. The highest BCUT2D eigenvalue weighted by molar-refractivity contribution is 5.87. The number of carbonyl (C=O) groups is 2. The second kappa shape index (κ2) is 6.64. The van der Waals surface area contributed by atoms with Crippen LogP contribution < -0.4 is 5.32 Å². The summed E-state index contributed by atoms with van der Waals surface area (Å²) in [6.45, 7) is 5.13. The fourth-order valence-corrected chi connectivity index (χ4v) is 3.54. The van der Waals surface area contributed by atoms with E-state index >= 15 is 0 Å². The Labute approximate surface area is 125 Å². The summed E-state index contributed by atoms with van der Waals surface area (Å²) < 4.78 is 5.58. The number of rotatable bonds is 5. The minimum atomic E-state index is -1.03. The average molecular weight is 298 g/mol. The normalized spacial score (nSPS) is 30.4. The largest absolute Gasteiger partial charge is 0.479 e. The summed E-state index contributed by atoms with van der Waals surface area (Å²) in [7, 11) is 0. The highest BCUT2D eigenvalue weighted by atomic mass is 16.5. The van der Waals surface area contributed by atoms with Crippen LogP contribution in [0.15, 0.2) is 0 Å². The Hall–Kier alpha value is -1.30. The van der Waals surface area contributed by atoms with Crippen molar-refractivity contribution in [1.82, 2.24) is 10.2 Å². The number of carbonyl (C=O) groups excluding carboxylic acids is 1. The van der Waals surface area contributed by atoms with E-state index in [2.05, 4.69) is 5.32 Å². The topological polar surface area (TPSA) is 78.9 Å². The van der Waals surface area contributed by atoms with E-state index in [9.17, 15) is 14.7 Å². The van der Waals surface area contributed by atoms with Crippen LogP contribution >= 0.6 is 0 Å². The molecule has 21 heavy (non-hydrogen) atoms. The van der Waals surface area contributed by atoms with Gasteiger partial charge in [-0.1, -0.05) is 13.3 Å². The number of carboxylic acid groups (broad SMARTS) is 1. The predicted molar refractivity (Wildman–Crippen MR) is 78.2 cm³/mol. The molecule has 2 heterocycles. The van der Waals surface area contributed by atoms with E-state index in [0.29, 0.717) is 19.4 Å². The van der Waals surface area contributed by atoms with Gasteiger partial charge < -0.3 is 20.1 Å². The van der Waals surface area contributed by atoms with Crippen LogP contribution in [-0.2, 0) is 9.53 Å². The van der Waals surface area contributed by atoms with Crippen LogP contribution in [0.25, 0.3) is 0 Å². The van der Waals surface area contributed by atoms with Crippen molar-refractivity contribution in [3.63, 3.8) is 0 Å². The number of urea groups is 1. The van der Waals surface area contributed by atoms with E-state index in [0.717, 1.165) is 32.3 Å². The molecule has 0 bridgehead atoms. The van der Waals surface area contributed by atoms with Gasteiger partial charge in [0.1, 0.15) is 5.54 Å². The van der Waals surface area contributed by atoms with Gasteiger partial charge in [0.25, 0.3) is 0 Å². The maximum Gasteiger partial charge on any atom is 0.329 e. The lowest BCUT2D eigenvalue weighted by Crippen LogP contribution is -2.58. The Morgan fingerprint density at radius 1 is 1.48 bits per heavy atom. The van der Waals surface area contributed by atoms with Crippen LogP contribution in [-0.4, -0.2) is 52.8 Å². The van der Waals surface area contributed by atoms with Gasteiger partial charge in [0, 0.05) is 13.2 Å². The van der Waals surface area contributed by atoms with Crippen LogP contribution in [0.5, 0.6) is 0 Å². The second-order valence-corrected chi connectivity index (χ2v) is 6.13. The van der Waals surface area contributed by atoms with E-state index in [-0.39, 0.29) is 18.2 Å². The second-order valence-electron chi connectivity index (χ2n) is 6.13. The van der Waals surface area contributed by atoms with Gasteiger partial charge in [-0.2, -0.15) is 0 Å². The van der Waals surface area contributed by atoms with E-state index in [4.69, 9.17) is 4.74 Å². The van der Waals surface area contributed by atoms with Gasteiger partial charge in [0.2, 0.25) is 0 Å². The zero-order chi connectivity index (χ0) is 15.5. The van der Waals surface area contributed by atoms with E-state index in [1.165, 1.54) is 4.90 Å². The van der Waals surface area contributed by atoms with E-state index < -0.39 is 11.5 Å². The van der Waals surface area contributed by atoms with Crippen molar-refractivity contribution in [2.24, 2.45) is 0 Å². The van der Waals surface area contributed by atoms with E-state index in [1.807, 2.05) is 13.8 Å². The molecule has 2 N–H and O–H groups in total. The first kappa shape index (κ1) is 16.1. The van der Waals surface area contributed by atoms with Gasteiger partial charge in [-0.25, -0.2) is 9.59 Å². The molecule has 2 aliphatic heterocycles. The molecular formula is C15H26N2O4. The summed E-state index contributed by atoms with van der Waals surface area (Å²) in [4.78, 5) is 25.7. The third-order valence-corrected chi connectivity index (χ3v) is 4.67. The third kappa shape index (κ3) is 3.15. The average Bonchev–Trinajstić information content (AvgIpc) is 3.08. The van der Waals surface area contributed by atoms with Gasteiger partial charge in [0.15, 0.2) is 0 Å². The van der Waals surface area contributed by atoms with Crippen molar-refractivity contribution < 1.29 is 19.4 Å². The molecule has 2 fully saturated rings. The minimum absolute atomic E-state index is 0.0435. The maximum absolute atomic E-state index is 12.5. The third-order valence-electron chi connectivity index (χ3n) is 4.67. The number of carboxylic acids is 1. The van der Waals surface area contributed by atoms with Crippen molar-refractivity contribution in [1.29, 1.82) is 0 Å². The predicted octanol–water partition coefficient (Wildman–Crippen LogP) is 1.98. The Morgan fingerprint density at radius 3 is 2.81 bits per heavy atom. The molecule has 0 aromatic carbocycles. The molecule has 2 aliphatic rings. The number of nitrogens with zero attached hydrogens (tertiary/aromatic N) is 1. The quantitative estimate of drug-likeness (QED) is 0.813. The zero-order valence-electron chi connectivity index (χ0n) is 12.9. The summed E-state index contributed by atoms with van der Waals surface area (Å²) in [5.41, 5.74) is -1.03. The molecule has 0 spiro atoms. The highest BCUT2D eigenvalue weighted by Crippen LogP contribution is 2.34. The first-order valence-electron chi connectivity index (χ1n) is 7.94. The lowest BCUT2D eigenvalue weighted by molar-refractivity contribution is -0.148. The summed E-state index contributed by atoms with van der Waals surface area (Å²) in [5.74, 6) is -0.887. The minimum Gasteiger partial charge on any atom is -0.479 e. The number of hydrogen-bond donors (Lipinski definition) is 2. The van der Waals surface area contributed by atoms with Gasteiger partial charge in [-0.15, -0.1) is 0 Å². The fourth-order valence-electron chi connectivity index (χ4n) is 3.54. The van der Waals surface area contributed by atoms with Crippen molar-refractivity contribution >= 4 is 12.0 Å². The Balaban J connectivity index is 2.04. The molecular weight excluding hydrogens is 272 g/mol. The van der Waals surface area contributed by atoms with Crippen LogP contribution in [0.2, 0.25) is 0 Å². The van der Waals surface area contributed by atoms with Gasteiger partial charge in [-0.05, 0) is 39.0 Å². The Bertz CT molecular complexity index is 395. The molecule has 2 amide bonds. The van der Waals surface area contributed by atoms with Crippen LogP contribution in [0.4, 0.5) is 4.79 Å². The highest BCUT2D eigenvalue weighted by Gasteiger charge is 2.49. The summed E-state index contributed by atoms with van der Waals surface area (Å²) >= 11 is 0. The molecule has 3 unspecified atom stereocenters. The number of likely N-dealkylation sites (tertiary alicyclic amines) is 1. The lowest BCUT2D eigenvalue weighted by atomic mass is 9.91. The first-order valence-corrected chi connectivity index (χ1v) is 7.94. The fraction of sp³-hybridized carbons (Fsp3) is 0.867. The molecule has 0 saturated carbocycles. The molecule has 3 atom stereocenters. The summed E-state index contributed by atoms with van der Waals surface area (Å²) in [5, 5.41) is 12.5. The molecule has 2 rings (SSSR count). The van der Waals surface area contributed by atoms with Crippen LogP contribution in [0, 0.1) is 0 Å². The van der Waals surface area contributed by atoms with E-state index in [1.54, 1.807) is 0 Å².